The zero-order valence-corrected chi connectivity index (χ0v) is 15.3. The van der Waals surface area contributed by atoms with Crippen LogP contribution >= 0.6 is 23.1 Å². The largest absolute Gasteiger partial charge is 0.266 e. The van der Waals surface area contributed by atoms with Crippen molar-refractivity contribution in [2.45, 2.75) is 0 Å². The number of thiophene rings is 1. The summed E-state index contributed by atoms with van der Waals surface area (Å²) in [5, 5.41) is 7.01. The second kappa shape index (κ2) is 6.16. The van der Waals surface area contributed by atoms with Crippen LogP contribution in [0.2, 0.25) is 0 Å². The number of allylic oxidation sites excluding steroid dienone is 1. The molecule has 1 N–H and O–H groups in total. The summed E-state index contributed by atoms with van der Waals surface area (Å²) >= 11 is 8.02. The molecule has 126 valence electrons. The van der Waals surface area contributed by atoms with Gasteiger partial charge in [-0.25, -0.2) is 0 Å². The minimum Gasteiger partial charge on any atom is -0.266 e. The van der Waals surface area contributed by atoms with Gasteiger partial charge in [0.05, 0.1) is 23.2 Å². The number of hydrogen-bond acceptors (Lipinski definition) is 4. The number of rotatable bonds is 2. The second-order valence-corrected chi connectivity index (χ2v) is 7.43. The molecule has 0 spiro atoms. The first kappa shape index (κ1) is 15.4. The predicted molar refractivity (Wildman–Crippen MR) is 111 cm³/mol. The minimum atomic E-state index is 0.842. The average Bonchev–Trinajstić information content (AvgIpc) is 3.07. The lowest BCUT2D eigenvalue weighted by atomic mass is 10.0. The molecule has 3 nitrogen and oxygen atoms in total. The molecule has 3 aromatic carbocycles. The van der Waals surface area contributed by atoms with Gasteiger partial charge in [-0.1, -0.05) is 66.7 Å². The zero-order valence-electron chi connectivity index (χ0n) is 13.7. The molecule has 1 aromatic heterocycles. The fourth-order valence-electron chi connectivity index (χ4n) is 3.26. The van der Waals surface area contributed by atoms with Gasteiger partial charge >= 0.3 is 0 Å². The van der Waals surface area contributed by atoms with Gasteiger partial charge < -0.3 is 0 Å². The molecule has 0 unspecified atom stereocenters. The molecule has 0 amide bonds. The third kappa shape index (κ3) is 2.55. The Kier molecular flexibility index (Phi) is 3.66. The van der Waals surface area contributed by atoms with E-state index < -0.39 is 0 Å². The van der Waals surface area contributed by atoms with Crippen LogP contribution in [0.15, 0.2) is 84.0 Å². The van der Waals surface area contributed by atoms with Crippen molar-refractivity contribution in [3.05, 3.63) is 90.0 Å². The molecule has 0 radical (unpaired) electrons. The molecule has 26 heavy (non-hydrogen) atoms. The highest BCUT2D eigenvalue weighted by atomic mass is 35.5. The maximum Gasteiger partial charge on any atom is 0.0975 e. The number of benzene rings is 3. The van der Waals surface area contributed by atoms with E-state index in [-0.39, 0.29) is 0 Å². The van der Waals surface area contributed by atoms with Crippen molar-refractivity contribution in [1.82, 2.24) is 10.1 Å². The van der Waals surface area contributed by atoms with Crippen molar-refractivity contribution in [2.24, 2.45) is 5.10 Å². The first-order valence-electron chi connectivity index (χ1n) is 8.28. The molecule has 1 aliphatic heterocycles. The van der Waals surface area contributed by atoms with Crippen LogP contribution in [0.1, 0.15) is 11.1 Å². The molecular weight excluding hydrogens is 362 g/mol. The molecule has 0 saturated carbocycles. The van der Waals surface area contributed by atoms with Crippen LogP contribution < -0.4 is 5.43 Å². The number of nitrogens with zero attached hydrogens (tertiary/aromatic N) is 2. The monoisotopic (exact) mass is 375 g/mol. The molecule has 1 aliphatic rings. The van der Waals surface area contributed by atoms with Crippen LogP contribution in [-0.4, -0.2) is 10.3 Å². The Morgan fingerprint density at radius 3 is 2.50 bits per heavy atom. The van der Waals surface area contributed by atoms with Crippen LogP contribution in [-0.2, 0) is 0 Å². The summed E-state index contributed by atoms with van der Waals surface area (Å²) in [5.74, 6) is 0. The number of halogens is 1. The van der Waals surface area contributed by atoms with Crippen molar-refractivity contribution in [2.75, 3.05) is 0 Å². The Bertz CT molecular complexity index is 1180. The van der Waals surface area contributed by atoms with Gasteiger partial charge in [0.25, 0.3) is 0 Å². The van der Waals surface area contributed by atoms with E-state index in [2.05, 4.69) is 53.0 Å². The summed E-state index contributed by atoms with van der Waals surface area (Å²) < 4.78 is 3.76. The van der Waals surface area contributed by atoms with Crippen LogP contribution in [0.5, 0.6) is 0 Å². The topological polar surface area (TPSA) is 27.6 Å². The van der Waals surface area contributed by atoms with Crippen LogP contribution in [0.4, 0.5) is 0 Å². The number of hydrazine groups is 1. The first-order valence-corrected chi connectivity index (χ1v) is 9.44. The van der Waals surface area contributed by atoms with E-state index >= 15 is 0 Å². The van der Waals surface area contributed by atoms with E-state index in [9.17, 15) is 0 Å². The average molecular weight is 376 g/mol. The van der Waals surface area contributed by atoms with Gasteiger partial charge in [0.2, 0.25) is 0 Å². The molecule has 4 aromatic rings. The Balaban J connectivity index is 1.70. The van der Waals surface area contributed by atoms with Crippen molar-refractivity contribution in [1.29, 1.82) is 0 Å². The van der Waals surface area contributed by atoms with E-state index in [4.69, 9.17) is 11.8 Å². The Labute approximate surface area is 159 Å². The fraction of sp³-hybridized carbons (Fsp3) is 0. The number of nitrogens with one attached hydrogen (secondary N) is 1. The minimum absolute atomic E-state index is 0.842. The molecule has 5 rings (SSSR count). The molecule has 0 bridgehead atoms. The number of fused-ring (bicyclic) bond motifs is 3. The van der Waals surface area contributed by atoms with Crippen LogP contribution in [0.25, 0.3) is 25.9 Å². The first-order chi connectivity index (χ1) is 12.8. The molecule has 0 aliphatic carbocycles. The Hall–Kier alpha value is -2.82. The van der Waals surface area contributed by atoms with Crippen molar-refractivity contribution < 1.29 is 0 Å². The third-order valence-corrected chi connectivity index (χ3v) is 5.83. The van der Waals surface area contributed by atoms with Gasteiger partial charge in [0.1, 0.15) is 0 Å². The summed E-state index contributed by atoms with van der Waals surface area (Å²) in [6.07, 6.45) is 2.05. The van der Waals surface area contributed by atoms with Crippen molar-refractivity contribution >= 4 is 54.7 Å². The summed E-state index contributed by atoms with van der Waals surface area (Å²) in [5.41, 5.74) is 7.00. The second-order valence-electron chi connectivity index (χ2n) is 6.06. The third-order valence-electron chi connectivity index (χ3n) is 4.45. The van der Waals surface area contributed by atoms with Gasteiger partial charge in [-0.2, -0.15) is 0 Å². The smallest absolute Gasteiger partial charge is 0.0975 e. The molecule has 0 fully saturated rings. The summed E-state index contributed by atoms with van der Waals surface area (Å²) in [6.45, 7) is 0. The lowest BCUT2D eigenvalue weighted by Crippen LogP contribution is -2.29. The Morgan fingerprint density at radius 2 is 1.62 bits per heavy atom. The summed E-state index contributed by atoms with van der Waals surface area (Å²) in [6, 6.07) is 24.9. The lowest BCUT2D eigenvalue weighted by molar-refractivity contribution is 0.423. The maximum atomic E-state index is 6.23. The summed E-state index contributed by atoms with van der Waals surface area (Å²) in [4.78, 5) is 0. The molecule has 0 saturated heterocycles. The van der Waals surface area contributed by atoms with E-state index in [0.717, 1.165) is 22.5 Å². The van der Waals surface area contributed by atoms with Crippen molar-refractivity contribution in [3.63, 3.8) is 0 Å². The summed E-state index contributed by atoms with van der Waals surface area (Å²) in [7, 11) is 0. The normalized spacial score (nSPS) is 14.3. The zero-order chi connectivity index (χ0) is 17.5. The van der Waals surface area contributed by atoms with Crippen molar-refractivity contribution in [3.8, 4) is 0 Å². The van der Waals surface area contributed by atoms with Gasteiger partial charge in [-0.3, -0.25) is 5.43 Å². The predicted octanol–water partition coefficient (Wildman–Crippen LogP) is 5.77. The van der Waals surface area contributed by atoms with Gasteiger partial charge in [-0.05, 0) is 17.7 Å². The SMILES string of the molecule is ClN1N=C(c2cccc3c2sc2ccccc23)C=C(c2ccccc2)N1. The molecule has 2 heterocycles. The molecule has 0 atom stereocenters. The van der Waals surface area contributed by atoms with Crippen LogP contribution in [0, 0.1) is 0 Å². The molecule has 5 heteroatoms. The standard InChI is InChI=1S/C21H14ClN3S/c22-25-23-18(14-7-2-1-3-8-14)13-19(24-25)17-11-6-10-16-15-9-4-5-12-20(15)26-21(16)17/h1-13,23H. The Morgan fingerprint density at radius 1 is 0.846 bits per heavy atom. The van der Waals surface area contributed by atoms with E-state index in [1.807, 2.05) is 36.4 Å². The maximum absolute atomic E-state index is 6.23. The fourth-order valence-corrected chi connectivity index (χ4v) is 4.66. The van der Waals surface area contributed by atoms with Crippen LogP contribution in [0.3, 0.4) is 0 Å². The highest BCUT2D eigenvalue weighted by Crippen LogP contribution is 2.36. The highest BCUT2D eigenvalue weighted by Gasteiger charge is 2.17. The van der Waals surface area contributed by atoms with E-state index in [1.54, 1.807) is 11.3 Å². The van der Waals surface area contributed by atoms with Gasteiger partial charge in [-0.15, -0.1) is 21.1 Å². The van der Waals surface area contributed by atoms with E-state index in [0.29, 0.717) is 0 Å². The number of hydrazone groups is 1. The van der Waals surface area contributed by atoms with E-state index in [1.165, 1.54) is 24.8 Å². The highest BCUT2D eigenvalue weighted by molar-refractivity contribution is 7.26. The molecular formula is C21H14ClN3S. The quantitative estimate of drug-likeness (QED) is 0.450. The lowest BCUT2D eigenvalue weighted by Gasteiger charge is -2.22. The number of hydrogen-bond donors (Lipinski definition) is 1. The van der Waals surface area contributed by atoms with Gasteiger partial charge in [0, 0.05) is 25.7 Å². The van der Waals surface area contributed by atoms with Gasteiger partial charge in [0.15, 0.2) is 0 Å².